The molecule has 2 aromatic heterocycles. The predicted molar refractivity (Wildman–Crippen MR) is 96.8 cm³/mol. The highest BCUT2D eigenvalue weighted by molar-refractivity contribution is 5.91. The minimum absolute atomic E-state index is 0.0375. The third-order valence-corrected chi connectivity index (χ3v) is 3.92. The monoisotopic (exact) mass is 338 g/mol. The number of benzene rings is 1. The number of nitrogens with zero attached hydrogens (tertiary/aromatic N) is 2. The average molecular weight is 338 g/mol. The van der Waals surface area contributed by atoms with Gasteiger partial charge in [-0.3, -0.25) is 10.1 Å². The molecule has 6 heteroatoms. The lowest BCUT2D eigenvalue weighted by molar-refractivity contribution is -0.115. The maximum Gasteiger partial charge on any atom is 0.239 e. The summed E-state index contributed by atoms with van der Waals surface area (Å²) in [6.07, 6.45) is 1.62. The largest absolute Gasteiger partial charge is 0.468 e. The molecule has 25 heavy (non-hydrogen) atoms. The number of anilines is 1. The number of nitrogens with one attached hydrogen (secondary N) is 2. The van der Waals surface area contributed by atoms with Crippen LogP contribution in [0.25, 0.3) is 5.69 Å². The highest BCUT2D eigenvalue weighted by Gasteiger charge is 2.13. The molecule has 3 rings (SSSR count). The average Bonchev–Trinajstić information content (AvgIpc) is 3.23. The van der Waals surface area contributed by atoms with Crippen molar-refractivity contribution in [3.05, 3.63) is 65.7 Å². The van der Waals surface area contributed by atoms with E-state index in [9.17, 15) is 4.79 Å². The van der Waals surface area contributed by atoms with Crippen molar-refractivity contribution in [2.75, 3.05) is 11.9 Å². The maximum atomic E-state index is 12.3. The van der Waals surface area contributed by atoms with E-state index in [1.165, 1.54) is 5.56 Å². The van der Waals surface area contributed by atoms with Crippen LogP contribution in [0, 0.1) is 13.8 Å². The van der Waals surface area contributed by atoms with Gasteiger partial charge in [0.2, 0.25) is 5.91 Å². The number of carbonyl (C=O) groups excluding carboxylic acids is 1. The Morgan fingerprint density at radius 1 is 1.24 bits per heavy atom. The van der Waals surface area contributed by atoms with Crippen molar-refractivity contribution in [2.24, 2.45) is 0 Å². The molecular weight excluding hydrogens is 316 g/mol. The Bertz CT molecular complexity index is 835. The van der Waals surface area contributed by atoms with E-state index in [1.807, 2.05) is 63.2 Å². The first kappa shape index (κ1) is 17.0. The summed E-state index contributed by atoms with van der Waals surface area (Å²) in [4.78, 5) is 12.3. The maximum absolute atomic E-state index is 12.3. The summed E-state index contributed by atoms with van der Waals surface area (Å²) < 4.78 is 7.07. The van der Waals surface area contributed by atoms with E-state index in [0.29, 0.717) is 5.82 Å². The molecule has 2 heterocycles. The van der Waals surface area contributed by atoms with Gasteiger partial charge in [-0.2, -0.15) is 5.10 Å². The van der Waals surface area contributed by atoms with Crippen molar-refractivity contribution < 1.29 is 9.21 Å². The van der Waals surface area contributed by atoms with Crippen molar-refractivity contribution in [3.8, 4) is 5.69 Å². The lowest BCUT2D eigenvalue weighted by atomic mass is 10.2. The Hall–Kier alpha value is -2.86. The molecule has 0 fully saturated rings. The SMILES string of the molecule is Cc1ccc(-n2nc(C)cc2NC(=O)CN[C@H](C)c2ccco2)cc1. The van der Waals surface area contributed by atoms with Crippen LogP contribution in [0.2, 0.25) is 0 Å². The van der Waals surface area contributed by atoms with E-state index in [4.69, 9.17) is 4.42 Å². The Morgan fingerprint density at radius 3 is 2.68 bits per heavy atom. The van der Waals surface area contributed by atoms with Crippen LogP contribution in [0.4, 0.5) is 5.82 Å². The standard InChI is InChI=1S/C19H22N4O2/c1-13-6-8-16(9-7-13)23-18(11-14(2)22-23)21-19(24)12-20-15(3)17-5-4-10-25-17/h4-11,15,20H,12H2,1-3H3,(H,21,24)/t15-/m1/s1. The summed E-state index contributed by atoms with van der Waals surface area (Å²) in [5.41, 5.74) is 2.92. The second-order valence-corrected chi connectivity index (χ2v) is 6.08. The highest BCUT2D eigenvalue weighted by atomic mass is 16.3. The van der Waals surface area contributed by atoms with Crippen LogP contribution in [0.5, 0.6) is 0 Å². The molecular formula is C19H22N4O2. The van der Waals surface area contributed by atoms with Crippen molar-refractivity contribution in [3.63, 3.8) is 0 Å². The van der Waals surface area contributed by atoms with Crippen LogP contribution in [0.3, 0.4) is 0 Å². The molecule has 1 amide bonds. The number of amides is 1. The van der Waals surface area contributed by atoms with Crippen LogP contribution in [-0.2, 0) is 4.79 Å². The molecule has 3 aromatic rings. The van der Waals surface area contributed by atoms with Crippen LogP contribution >= 0.6 is 0 Å². The Kier molecular flexibility index (Phi) is 5.00. The van der Waals surface area contributed by atoms with Gasteiger partial charge in [-0.25, -0.2) is 4.68 Å². The van der Waals surface area contributed by atoms with Crippen molar-refractivity contribution >= 4 is 11.7 Å². The fourth-order valence-electron chi connectivity index (χ4n) is 2.54. The lowest BCUT2D eigenvalue weighted by Crippen LogP contribution is -2.30. The third kappa shape index (κ3) is 4.16. The van der Waals surface area contributed by atoms with E-state index >= 15 is 0 Å². The van der Waals surface area contributed by atoms with Crippen molar-refractivity contribution in [2.45, 2.75) is 26.8 Å². The molecule has 0 aliphatic carbocycles. The number of aryl methyl sites for hydroxylation is 2. The van der Waals surface area contributed by atoms with Gasteiger partial charge in [-0.1, -0.05) is 17.7 Å². The fraction of sp³-hybridized carbons (Fsp3) is 0.263. The molecule has 1 atom stereocenters. The van der Waals surface area contributed by atoms with Crippen molar-refractivity contribution in [1.82, 2.24) is 15.1 Å². The van der Waals surface area contributed by atoms with Gasteiger partial charge in [-0.15, -0.1) is 0 Å². The van der Waals surface area contributed by atoms with Gasteiger partial charge >= 0.3 is 0 Å². The third-order valence-electron chi connectivity index (χ3n) is 3.92. The molecule has 0 radical (unpaired) electrons. The topological polar surface area (TPSA) is 72.1 Å². The zero-order valence-corrected chi connectivity index (χ0v) is 14.6. The number of furan rings is 1. The van der Waals surface area contributed by atoms with Crippen LogP contribution < -0.4 is 10.6 Å². The molecule has 6 nitrogen and oxygen atoms in total. The van der Waals surface area contributed by atoms with Gasteiger partial charge in [0.1, 0.15) is 11.6 Å². The van der Waals surface area contributed by atoms with Crippen LogP contribution in [0.1, 0.15) is 30.0 Å². The van der Waals surface area contributed by atoms with Crippen molar-refractivity contribution in [1.29, 1.82) is 0 Å². The zero-order chi connectivity index (χ0) is 17.8. The van der Waals surface area contributed by atoms with Crippen LogP contribution in [0.15, 0.2) is 53.1 Å². The first-order chi connectivity index (χ1) is 12.0. The predicted octanol–water partition coefficient (Wildman–Crippen LogP) is 3.37. The van der Waals surface area contributed by atoms with Crippen LogP contribution in [-0.4, -0.2) is 22.2 Å². The first-order valence-corrected chi connectivity index (χ1v) is 8.23. The second kappa shape index (κ2) is 7.36. The molecule has 0 spiro atoms. The van der Waals surface area contributed by atoms with E-state index < -0.39 is 0 Å². The molecule has 0 saturated carbocycles. The molecule has 0 saturated heterocycles. The molecule has 0 aliphatic rings. The van der Waals surface area contributed by atoms with Gasteiger partial charge < -0.3 is 9.73 Å². The molecule has 2 N–H and O–H groups in total. The summed E-state index contributed by atoms with van der Waals surface area (Å²) in [6.45, 7) is 6.07. The van der Waals surface area contributed by atoms with Gasteiger partial charge in [0.15, 0.2) is 0 Å². The number of rotatable bonds is 6. The fourth-order valence-corrected chi connectivity index (χ4v) is 2.54. The van der Waals surface area contributed by atoms with Gasteiger partial charge in [-0.05, 0) is 45.0 Å². The Labute approximate surface area is 146 Å². The first-order valence-electron chi connectivity index (χ1n) is 8.23. The minimum Gasteiger partial charge on any atom is -0.468 e. The van der Waals surface area contributed by atoms with Gasteiger partial charge in [0.05, 0.1) is 30.2 Å². The molecule has 1 aromatic carbocycles. The summed E-state index contributed by atoms with van der Waals surface area (Å²) >= 11 is 0. The smallest absolute Gasteiger partial charge is 0.239 e. The molecule has 130 valence electrons. The zero-order valence-electron chi connectivity index (χ0n) is 14.6. The summed E-state index contributed by atoms with van der Waals surface area (Å²) in [7, 11) is 0. The van der Waals surface area contributed by atoms with E-state index in [-0.39, 0.29) is 18.5 Å². The van der Waals surface area contributed by atoms with E-state index in [1.54, 1.807) is 10.9 Å². The summed E-state index contributed by atoms with van der Waals surface area (Å²) in [6, 6.07) is 13.5. The minimum atomic E-state index is -0.133. The Balaban J connectivity index is 1.66. The molecule has 0 bridgehead atoms. The quantitative estimate of drug-likeness (QED) is 0.723. The van der Waals surface area contributed by atoms with E-state index in [0.717, 1.165) is 17.1 Å². The highest BCUT2D eigenvalue weighted by Crippen LogP contribution is 2.18. The van der Waals surface area contributed by atoms with Gasteiger partial charge in [0, 0.05) is 6.07 Å². The van der Waals surface area contributed by atoms with E-state index in [2.05, 4.69) is 15.7 Å². The number of aromatic nitrogens is 2. The molecule has 0 unspecified atom stereocenters. The van der Waals surface area contributed by atoms with Gasteiger partial charge in [0.25, 0.3) is 0 Å². The summed E-state index contributed by atoms with van der Waals surface area (Å²) in [5.74, 6) is 1.32. The number of hydrogen-bond donors (Lipinski definition) is 2. The number of hydrogen-bond acceptors (Lipinski definition) is 4. The number of carbonyl (C=O) groups is 1. The normalized spacial score (nSPS) is 12.1. The Morgan fingerprint density at radius 2 is 2.00 bits per heavy atom. The summed E-state index contributed by atoms with van der Waals surface area (Å²) in [5, 5.41) is 10.5. The molecule has 0 aliphatic heterocycles. The second-order valence-electron chi connectivity index (χ2n) is 6.08. The lowest BCUT2D eigenvalue weighted by Gasteiger charge is -2.12.